The molecule has 0 aliphatic carbocycles. The quantitative estimate of drug-likeness (QED) is 0.449. The lowest BCUT2D eigenvalue weighted by molar-refractivity contribution is 1.33. The lowest BCUT2D eigenvalue weighted by Crippen LogP contribution is -2.11. The van der Waals surface area contributed by atoms with E-state index in [0.717, 1.165) is 5.46 Å². The Labute approximate surface area is 59.9 Å². The molecular weight excluding hydrogens is 125 g/mol. The van der Waals surface area contributed by atoms with Crippen LogP contribution >= 0.6 is 0 Å². The zero-order valence-corrected chi connectivity index (χ0v) is 5.63. The summed E-state index contributed by atoms with van der Waals surface area (Å²) in [6, 6.07) is 3.73. The Balaban J connectivity index is 3.34. The molecule has 2 N–H and O–H groups in total. The highest BCUT2D eigenvalue weighted by Gasteiger charge is 1.99. The Morgan fingerprint density at radius 2 is 2.40 bits per heavy atom. The van der Waals surface area contributed by atoms with Crippen molar-refractivity contribution in [2.24, 2.45) is 0 Å². The fraction of sp³-hybridized carbons (Fsp3) is 0. The zero-order valence-electron chi connectivity index (χ0n) is 5.63. The van der Waals surface area contributed by atoms with Crippen molar-refractivity contribution in [3.63, 3.8) is 0 Å². The van der Waals surface area contributed by atoms with Crippen molar-refractivity contribution in [2.45, 2.75) is 0 Å². The average molecular weight is 131 g/mol. The second-order valence-corrected chi connectivity index (χ2v) is 2.00. The van der Waals surface area contributed by atoms with Gasteiger partial charge in [0.25, 0.3) is 0 Å². The molecule has 3 nitrogen and oxygen atoms in total. The summed E-state index contributed by atoms with van der Waals surface area (Å²) in [5.74, 6) is 0.308. The van der Waals surface area contributed by atoms with Crippen LogP contribution in [0.4, 0.5) is 5.82 Å². The maximum absolute atomic E-state index is 8.53. The number of nitrogens with two attached hydrogens (primary N) is 1. The first-order valence-electron chi connectivity index (χ1n) is 2.87. The fourth-order valence-electron chi connectivity index (χ4n) is 0.725. The molecule has 4 heteroatoms. The minimum absolute atomic E-state index is 0.308. The highest BCUT2D eigenvalue weighted by atomic mass is 14.8. The van der Waals surface area contributed by atoms with E-state index in [1.165, 1.54) is 0 Å². The summed E-state index contributed by atoms with van der Waals surface area (Å²) in [6.45, 7) is 0. The van der Waals surface area contributed by atoms with Gasteiger partial charge in [-0.05, 0) is 6.07 Å². The summed E-state index contributed by atoms with van der Waals surface area (Å²) in [5.41, 5.74) is 6.74. The number of nitrogens with zero attached hydrogens (tertiary/aromatic N) is 2. The molecule has 0 aliphatic rings. The molecule has 0 unspecified atom stereocenters. The highest BCUT2D eigenvalue weighted by molar-refractivity contribution is 6.34. The molecule has 1 aromatic rings. The van der Waals surface area contributed by atoms with Gasteiger partial charge in [0.1, 0.15) is 19.7 Å². The topological polar surface area (TPSA) is 62.7 Å². The molecule has 1 rings (SSSR count). The van der Waals surface area contributed by atoms with E-state index in [2.05, 4.69) is 4.98 Å². The molecule has 0 amide bonds. The van der Waals surface area contributed by atoms with Crippen molar-refractivity contribution in [1.29, 1.82) is 5.26 Å². The highest BCUT2D eigenvalue weighted by Crippen LogP contribution is 1.99. The largest absolute Gasteiger partial charge is 0.383 e. The van der Waals surface area contributed by atoms with Gasteiger partial charge in [0.2, 0.25) is 0 Å². The summed E-state index contributed by atoms with van der Waals surface area (Å²) < 4.78 is 0. The predicted molar refractivity (Wildman–Crippen MR) is 41.5 cm³/mol. The molecule has 1 aromatic heterocycles. The Hall–Kier alpha value is -1.50. The minimum Gasteiger partial charge on any atom is -0.383 e. The number of hydrogen-bond donors (Lipinski definition) is 1. The van der Waals surface area contributed by atoms with Crippen LogP contribution in [0.1, 0.15) is 5.56 Å². The molecule has 0 spiro atoms. The number of rotatable bonds is 0. The van der Waals surface area contributed by atoms with Crippen molar-refractivity contribution >= 4 is 19.1 Å². The minimum atomic E-state index is 0.308. The first-order valence-corrected chi connectivity index (χ1v) is 2.87. The predicted octanol–water partition coefficient (Wildman–Crippen LogP) is -1.21. The van der Waals surface area contributed by atoms with Gasteiger partial charge in [-0.15, -0.1) is 0 Å². The van der Waals surface area contributed by atoms with Gasteiger partial charge in [-0.25, -0.2) is 4.98 Å². The summed E-state index contributed by atoms with van der Waals surface area (Å²) in [7, 11) is 1.83. The second kappa shape index (κ2) is 2.40. The Bertz CT molecular complexity index is 269. The third-order valence-electron chi connectivity index (χ3n) is 1.30. The van der Waals surface area contributed by atoms with Gasteiger partial charge in [0.05, 0.1) is 5.56 Å². The van der Waals surface area contributed by atoms with Crippen LogP contribution in [-0.2, 0) is 0 Å². The van der Waals surface area contributed by atoms with Crippen molar-refractivity contribution < 1.29 is 0 Å². The zero-order chi connectivity index (χ0) is 7.56. The van der Waals surface area contributed by atoms with Crippen LogP contribution in [0.25, 0.3) is 0 Å². The number of pyridine rings is 1. The van der Waals surface area contributed by atoms with Gasteiger partial charge < -0.3 is 5.73 Å². The van der Waals surface area contributed by atoms with E-state index in [0.29, 0.717) is 11.4 Å². The van der Waals surface area contributed by atoms with Crippen LogP contribution in [0.2, 0.25) is 0 Å². The summed E-state index contributed by atoms with van der Waals surface area (Å²) in [5, 5.41) is 8.53. The molecular formula is C6H6BN3. The molecule has 0 saturated heterocycles. The second-order valence-electron chi connectivity index (χ2n) is 2.00. The monoisotopic (exact) mass is 131 g/mol. The molecule has 0 fully saturated rings. The first-order chi connectivity index (χ1) is 4.75. The van der Waals surface area contributed by atoms with Crippen LogP contribution in [0.5, 0.6) is 0 Å². The van der Waals surface area contributed by atoms with Crippen molar-refractivity contribution in [2.75, 3.05) is 5.73 Å². The molecule has 0 radical (unpaired) electrons. The third-order valence-corrected chi connectivity index (χ3v) is 1.30. The van der Waals surface area contributed by atoms with Crippen molar-refractivity contribution in [1.82, 2.24) is 4.98 Å². The SMILES string of the molecule is Bc1ccnc(N)c1C#N. The van der Waals surface area contributed by atoms with Crippen molar-refractivity contribution in [3.8, 4) is 6.07 Å². The van der Waals surface area contributed by atoms with E-state index in [1.807, 2.05) is 13.9 Å². The fourth-order valence-corrected chi connectivity index (χ4v) is 0.725. The molecule has 48 valence electrons. The average Bonchev–Trinajstić information content (AvgIpc) is 1.88. The molecule has 10 heavy (non-hydrogen) atoms. The van der Waals surface area contributed by atoms with Crippen LogP contribution in [0.3, 0.4) is 0 Å². The van der Waals surface area contributed by atoms with Gasteiger partial charge in [-0.2, -0.15) is 5.26 Å². The van der Waals surface area contributed by atoms with E-state index >= 15 is 0 Å². The van der Waals surface area contributed by atoms with Gasteiger partial charge in [0.15, 0.2) is 0 Å². The van der Waals surface area contributed by atoms with Gasteiger partial charge in [0, 0.05) is 6.20 Å². The maximum atomic E-state index is 8.53. The summed E-state index contributed by atoms with van der Waals surface area (Å²) in [6.07, 6.45) is 1.59. The number of hydrogen-bond acceptors (Lipinski definition) is 3. The molecule has 0 atom stereocenters. The van der Waals surface area contributed by atoms with Crippen LogP contribution in [0, 0.1) is 11.3 Å². The molecule has 0 bridgehead atoms. The van der Waals surface area contributed by atoms with Crippen LogP contribution < -0.4 is 11.2 Å². The van der Waals surface area contributed by atoms with Gasteiger partial charge in [-0.3, -0.25) is 0 Å². The van der Waals surface area contributed by atoms with E-state index < -0.39 is 0 Å². The molecule has 1 heterocycles. The van der Waals surface area contributed by atoms with Crippen LogP contribution in [0.15, 0.2) is 12.3 Å². The van der Waals surface area contributed by atoms with Gasteiger partial charge >= 0.3 is 0 Å². The van der Waals surface area contributed by atoms with E-state index in [9.17, 15) is 0 Å². The maximum Gasteiger partial charge on any atom is 0.141 e. The Morgan fingerprint density at radius 3 is 2.80 bits per heavy atom. The number of anilines is 1. The van der Waals surface area contributed by atoms with E-state index in [1.54, 1.807) is 12.3 Å². The molecule has 0 aromatic carbocycles. The van der Waals surface area contributed by atoms with Crippen molar-refractivity contribution in [3.05, 3.63) is 17.8 Å². The smallest absolute Gasteiger partial charge is 0.141 e. The number of nitriles is 1. The van der Waals surface area contributed by atoms with E-state index in [-0.39, 0.29) is 0 Å². The number of aromatic nitrogens is 1. The Morgan fingerprint density at radius 1 is 1.70 bits per heavy atom. The summed E-state index contributed by atoms with van der Waals surface area (Å²) in [4.78, 5) is 3.77. The lowest BCUT2D eigenvalue weighted by Gasteiger charge is -1.97. The summed E-state index contributed by atoms with van der Waals surface area (Å²) >= 11 is 0. The third kappa shape index (κ3) is 0.937. The lowest BCUT2D eigenvalue weighted by atomic mass is 9.92. The normalized spacial score (nSPS) is 8.70. The van der Waals surface area contributed by atoms with Crippen LogP contribution in [-0.4, -0.2) is 12.8 Å². The Kier molecular flexibility index (Phi) is 1.59. The standard InChI is InChI=1S/C6H6BN3/c7-5-1-2-10-6(9)4(5)3-8/h1-2H,7H2,(H2,9,10). The van der Waals surface area contributed by atoms with Gasteiger partial charge in [-0.1, -0.05) is 5.46 Å². The molecule has 0 aliphatic heterocycles. The number of nitrogen functional groups attached to an aromatic ring is 1. The van der Waals surface area contributed by atoms with E-state index in [4.69, 9.17) is 11.0 Å². The molecule has 0 saturated carbocycles. The first kappa shape index (κ1) is 6.62.